The highest BCUT2D eigenvalue weighted by Crippen LogP contribution is 2.29. The number of allylic oxidation sites excluding steroid dienone is 1. The van der Waals surface area contributed by atoms with E-state index in [1.54, 1.807) is 6.08 Å². The Morgan fingerprint density at radius 1 is 1.50 bits per heavy atom. The molecule has 2 nitrogen and oxygen atoms in total. The van der Waals surface area contributed by atoms with Crippen LogP contribution in [0.2, 0.25) is 0 Å². The average molecular weight is 188 g/mol. The fourth-order valence-corrected chi connectivity index (χ4v) is 1.70. The molecule has 72 valence electrons. The molecule has 1 aliphatic rings. The fourth-order valence-electron chi connectivity index (χ4n) is 1.70. The van der Waals surface area contributed by atoms with Crippen molar-refractivity contribution < 1.29 is 9.53 Å². The largest absolute Gasteiger partial charge is 0.490 e. The monoisotopic (exact) mass is 188 g/mol. The summed E-state index contributed by atoms with van der Waals surface area (Å²) in [6, 6.07) is 5.99. The zero-order valence-corrected chi connectivity index (χ0v) is 8.07. The van der Waals surface area contributed by atoms with Gasteiger partial charge >= 0.3 is 0 Å². The molecule has 1 atom stereocenters. The summed E-state index contributed by atoms with van der Waals surface area (Å²) in [6.07, 6.45) is 5.32. The Hall–Kier alpha value is -1.57. The lowest BCUT2D eigenvalue weighted by Crippen LogP contribution is -2.05. The molecule has 0 radical (unpaired) electrons. The smallest absolute Gasteiger partial charge is 0.142 e. The third kappa shape index (κ3) is 1.69. The summed E-state index contributed by atoms with van der Waals surface area (Å²) in [5.41, 5.74) is 2.28. The third-order valence-corrected chi connectivity index (χ3v) is 2.29. The van der Waals surface area contributed by atoms with Crippen LogP contribution in [0.5, 0.6) is 5.75 Å². The van der Waals surface area contributed by atoms with E-state index in [4.69, 9.17) is 4.74 Å². The lowest BCUT2D eigenvalue weighted by Gasteiger charge is -2.01. The molecule has 0 amide bonds. The van der Waals surface area contributed by atoms with Crippen molar-refractivity contribution in [1.29, 1.82) is 0 Å². The van der Waals surface area contributed by atoms with Gasteiger partial charge in [0.15, 0.2) is 0 Å². The number of fused-ring (bicyclic) bond motifs is 1. The molecule has 14 heavy (non-hydrogen) atoms. The molecule has 0 saturated carbocycles. The maximum Gasteiger partial charge on any atom is 0.142 e. The Labute approximate surface area is 83.2 Å². The predicted molar refractivity (Wildman–Crippen MR) is 55.3 cm³/mol. The molecular weight excluding hydrogens is 176 g/mol. The zero-order valence-electron chi connectivity index (χ0n) is 8.07. The van der Waals surface area contributed by atoms with Crippen molar-refractivity contribution in [3.63, 3.8) is 0 Å². The van der Waals surface area contributed by atoms with E-state index in [-0.39, 0.29) is 6.10 Å². The van der Waals surface area contributed by atoms with E-state index in [1.165, 1.54) is 11.6 Å². The lowest BCUT2D eigenvalue weighted by molar-refractivity contribution is -0.104. The topological polar surface area (TPSA) is 26.3 Å². The van der Waals surface area contributed by atoms with Crippen LogP contribution < -0.4 is 4.74 Å². The van der Waals surface area contributed by atoms with Gasteiger partial charge in [0.1, 0.15) is 18.1 Å². The van der Waals surface area contributed by atoms with E-state index in [9.17, 15) is 4.79 Å². The molecule has 2 heteroatoms. The molecule has 1 unspecified atom stereocenters. The number of carbonyl (C=O) groups is 1. The number of rotatable bonds is 2. The standard InChI is InChI=1S/C12H12O2/c1-9-7-11-8-10(3-2-6-13)4-5-12(11)14-9/h2-6,8-9H,7H2,1H3/b3-2+. The minimum atomic E-state index is 0.273. The van der Waals surface area contributed by atoms with Gasteiger partial charge in [-0.25, -0.2) is 0 Å². The highest BCUT2D eigenvalue weighted by Gasteiger charge is 2.18. The quantitative estimate of drug-likeness (QED) is 0.525. The van der Waals surface area contributed by atoms with E-state index in [1.807, 2.05) is 12.1 Å². The molecule has 1 aliphatic heterocycles. The summed E-state index contributed by atoms with van der Waals surface area (Å²) < 4.78 is 5.57. The number of hydrogen-bond acceptors (Lipinski definition) is 2. The van der Waals surface area contributed by atoms with Crippen molar-refractivity contribution >= 4 is 12.4 Å². The SMILES string of the molecule is CC1Cc2cc(/C=C/C=O)ccc2O1. The van der Waals surface area contributed by atoms with Crippen molar-refractivity contribution in [2.45, 2.75) is 19.4 Å². The van der Waals surface area contributed by atoms with Gasteiger partial charge in [0.05, 0.1) is 0 Å². The maximum absolute atomic E-state index is 10.2. The highest BCUT2D eigenvalue weighted by atomic mass is 16.5. The Kier molecular flexibility index (Phi) is 2.35. The summed E-state index contributed by atoms with van der Waals surface area (Å²) in [7, 11) is 0. The first-order valence-corrected chi connectivity index (χ1v) is 4.71. The zero-order chi connectivity index (χ0) is 9.97. The summed E-state index contributed by atoms with van der Waals surface area (Å²) in [5.74, 6) is 0.973. The first-order chi connectivity index (χ1) is 6.79. The molecule has 0 aromatic heterocycles. The van der Waals surface area contributed by atoms with E-state index < -0.39 is 0 Å². The van der Waals surface area contributed by atoms with Crippen LogP contribution in [0.15, 0.2) is 24.3 Å². The average Bonchev–Trinajstić information content (AvgIpc) is 2.54. The van der Waals surface area contributed by atoms with Gasteiger partial charge in [0, 0.05) is 6.42 Å². The van der Waals surface area contributed by atoms with Crippen LogP contribution in [0.4, 0.5) is 0 Å². The van der Waals surface area contributed by atoms with Gasteiger partial charge in [-0.2, -0.15) is 0 Å². The molecule has 1 heterocycles. The van der Waals surface area contributed by atoms with Crippen molar-refractivity contribution in [2.75, 3.05) is 0 Å². The summed E-state index contributed by atoms with van der Waals surface area (Å²) in [5, 5.41) is 0. The molecule has 0 bridgehead atoms. The van der Waals surface area contributed by atoms with Crippen LogP contribution in [0, 0.1) is 0 Å². The van der Waals surface area contributed by atoms with Crippen molar-refractivity contribution in [2.24, 2.45) is 0 Å². The van der Waals surface area contributed by atoms with Crippen molar-refractivity contribution in [1.82, 2.24) is 0 Å². The van der Waals surface area contributed by atoms with Crippen LogP contribution >= 0.6 is 0 Å². The number of aldehydes is 1. The van der Waals surface area contributed by atoms with Gasteiger partial charge in [-0.15, -0.1) is 0 Å². The molecule has 0 N–H and O–H groups in total. The van der Waals surface area contributed by atoms with Gasteiger partial charge in [0.25, 0.3) is 0 Å². The lowest BCUT2D eigenvalue weighted by atomic mass is 10.1. The van der Waals surface area contributed by atoms with Crippen LogP contribution in [0.1, 0.15) is 18.1 Å². The Bertz CT molecular complexity index is 380. The Balaban J connectivity index is 2.28. The molecule has 0 saturated heterocycles. The molecule has 2 rings (SSSR count). The summed E-state index contributed by atoms with van der Waals surface area (Å²) in [6.45, 7) is 2.06. The van der Waals surface area contributed by atoms with Crippen LogP contribution in [0.3, 0.4) is 0 Å². The molecule has 1 aromatic rings. The van der Waals surface area contributed by atoms with E-state index in [2.05, 4.69) is 13.0 Å². The van der Waals surface area contributed by atoms with Crippen LogP contribution in [0.25, 0.3) is 6.08 Å². The van der Waals surface area contributed by atoms with Crippen LogP contribution in [-0.4, -0.2) is 12.4 Å². The third-order valence-electron chi connectivity index (χ3n) is 2.29. The molecule has 0 spiro atoms. The molecule has 1 aromatic carbocycles. The Morgan fingerprint density at radius 3 is 3.14 bits per heavy atom. The number of ether oxygens (including phenoxy) is 1. The van der Waals surface area contributed by atoms with E-state index in [0.29, 0.717) is 0 Å². The minimum Gasteiger partial charge on any atom is -0.490 e. The first-order valence-electron chi connectivity index (χ1n) is 4.71. The van der Waals surface area contributed by atoms with Gasteiger partial charge < -0.3 is 4.74 Å². The van der Waals surface area contributed by atoms with Gasteiger partial charge in [-0.05, 0) is 36.3 Å². The predicted octanol–water partition coefficient (Wildman–Crippen LogP) is 2.22. The second-order valence-corrected chi connectivity index (χ2v) is 3.49. The summed E-state index contributed by atoms with van der Waals surface area (Å²) >= 11 is 0. The molecule has 0 fully saturated rings. The maximum atomic E-state index is 10.2. The second kappa shape index (κ2) is 3.66. The van der Waals surface area contributed by atoms with Crippen molar-refractivity contribution in [3.8, 4) is 5.75 Å². The number of benzene rings is 1. The highest BCUT2D eigenvalue weighted by molar-refractivity contribution is 5.74. The minimum absolute atomic E-state index is 0.273. The molecule has 0 aliphatic carbocycles. The van der Waals surface area contributed by atoms with Crippen molar-refractivity contribution in [3.05, 3.63) is 35.4 Å². The normalized spacial score (nSPS) is 19.4. The second-order valence-electron chi connectivity index (χ2n) is 3.49. The fraction of sp³-hybridized carbons (Fsp3) is 0.250. The van der Waals surface area contributed by atoms with E-state index >= 15 is 0 Å². The van der Waals surface area contributed by atoms with Gasteiger partial charge in [-0.3, -0.25) is 4.79 Å². The van der Waals surface area contributed by atoms with Gasteiger partial charge in [-0.1, -0.05) is 12.1 Å². The van der Waals surface area contributed by atoms with Gasteiger partial charge in [0.2, 0.25) is 0 Å². The first kappa shape index (κ1) is 9.00. The van der Waals surface area contributed by atoms with E-state index in [0.717, 1.165) is 24.0 Å². The van der Waals surface area contributed by atoms with Crippen LogP contribution in [-0.2, 0) is 11.2 Å². The number of hydrogen-bond donors (Lipinski definition) is 0. The molecular formula is C12H12O2. The number of carbonyl (C=O) groups excluding carboxylic acids is 1. The Morgan fingerprint density at radius 2 is 2.36 bits per heavy atom. The summed E-state index contributed by atoms with van der Waals surface area (Å²) in [4.78, 5) is 10.2.